The van der Waals surface area contributed by atoms with Gasteiger partial charge in [0, 0.05) is 11.4 Å². The summed E-state index contributed by atoms with van der Waals surface area (Å²) < 4.78 is 0. The van der Waals surface area contributed by atoms with E-state index in [-0.39, 0.29) is 6.04 Å². The van der Waals surface area contributed by atoms with E-state index in [1.807, 2.05) is 6.07 Å². The van der Waals surface area contributed by atoms with Gasteiger partial charge in [-0.15, -0.1) is 11.3 Å². The van der Waals surface area contributed by atoms with Crippen LogP contribution >= 0.6 is 11.3 Å². The SMILES string of the molecule is CC(C)CNCC(N)c1cccs1. The van der Waals surface area contributed by atoms with Crippen LogP contribution in [-0.4, -0.2) is 13.1 Å². The summed E-state index contributed by atoms with van der Waals surface area (Å²) in [4.78, 5) is 1.26. The van der Waals surface area contributed by atoms with E-state index in [1.54, 1.807) is 11.3 Å². The van der Waals surface area contributed by atoms with Crippen molar-refractivity contribution in [1.29, 1.82) is 0 Å². The third kappa shape index (κ3) is 3.89. The van der Waals surface area contributed by atoms with Gasteiger partial charge in [-0.25, -0.2) is 0 Å². The Morgan fingerprint density at radius 1 is 1.46 bits per heavy atom. The molecule has 1 unspecified atom stereocenters. The van der Waals surface area contributed by atoms with Crippen molar-refractivity contribution in [2.24, 2.45) is 11.7 Å². The molecule has 0 saturated carbocycles. The third-order valence-corrected chi connectivity index (χ3v) is 2.83. The summed E-state index contributed by atoms with van der Waals surface area (Å²) in [5.41, 5.74) is 5.97. The number of nitrogens with one attached hydrogen (secondary N) is 1. The number of thiophene rings is 1. The van der Waals surface area contributed by atoms with Gasteiger partial charge < -0.3 is 11.1 Å². The fourth-order valence-electron chi connectivity index (χ4n) is 1.13. The monoisotopic (exact) mass is 198 g/mol. The first-order valence-electron chi connectivity index (χ1n) is 4.70. The van der Waals surface area contributed by atoms with Crippen LogP contribution in [0.15, 0.2) is 17.5 Å². The second-order valence-electron chi connectivity index (χ2n) is 3.67. The van der Waals surface area contributed by atoms with E-state index in [4.69, 9.17) is 5.73 Å². The molecule has 1 heterocycles. The number of hydrogen-bond donors (Lipinski definition) is 2. The van der Waals surface area contributed by atoms with Crippen LogP contribution in [0.5, 0.6) is 0 Å². The second-order valence-corrected chi connectivity index (χ2v) is 4.65. The van der Waals surface area contributed by atoms with E-state index in [9.17, 15) is 0 Å². The van der Waals surface area contributed by atoms with Gasteiger partial charge in [0.05, 0.1) is 6.04 Å². The molecule has 0 amide bonds. The molecule has 1 atom stereocenters. The first kappa shape index (κ1) is 10.7. The van der Waals surface area contributed by atoms with E-state index < -0.39 is 0 Å². The van der Waals surface area contributed by atoms with Crippen molar-refractivity contribution in [3.05, 3.63) is 22.4 Å². The summed E-state index contributed by atoms with van der Waals surface area (Å²) in [6.45, 7) is 6.31. The maximum Gasteiger partial charge on any atom is 0.0516 e. The fraction of sp³-hybridized carbons (Fsp3) is 0.600. The standard InChI is InChI=1S/C10H18N2S/c1-8(2)6-12-7-9(11)10-4-3-5-13-10/h3-5,8-9,12H,6-7,11H2,1-2H3. The molecule has 2 nitrogen and oxygen atoms in total. The third-order valence-electron chi connectivity index (χ3n) is 1.83. The molecule has 1 aromatic heterocycles. The van der Waals surface area contributed by atoms with Crippen LogP contribution in [0.3, 0.4) is 0 Å². The van der Waals surface area contributed by atoms with E-state index in [1.165, 1.54) is 4.88 Å². The summed E-state index contributed by atoms with van der Waals surface area (Å²) in [5.74, 6) is 0.690. The minimum atomic E-state index is 0.152. The van der Waals surface area contributed by atoms with Crippen molar-refractivity contribution in [3.8, 4) is 0 Å². The molecule has 0 aliphatic heterocycles. The van der Waals surface area contributed by atoms with Crippen LogP contribution in [0.2, 0.25) is 0 Å². The van der Waals surface area contributed by atoms with Gasteiger partial charge in [-0.3, -0.25) is 0 Å². The van der Waals surface area contributed by atoms with E-state index in [0.29, 0.717) is 5.92 Å². The highest BCUT2D eigenvalue weighted by molar-refractivity contribution is 7.10. The molecule has 3 N–H and O–H groups in total. The highest BCUT2D eigenvalue weighted by atomic mass is 32.1. The molecule has 0 saturated heterocycles. The second kappa shape index (κ2) is 5.37. The van der Waals surface area contributed by atoms with Crippen molar-refractivity contribution in [3.63, 3.8) is 0 Å². The molecule has 0 spiro atoms. The molecule has 0 aliphatic rings. The predicted molar refractivity (Wildman–Crippen MR) is 59.0 cm³/mol. The van der Waals surface area contributed by atoms with Crippen LogP contribution < -0.4 is 11.1 Å². The van der Waals surface area contributed by atoms with Crippen LogP contribution in [-0.2, 0) is 0 Å². The molecular weight excluding hydrogens is 180 g/mol. The van der Waals surface area contributed by atoms with Crippen LogP contribution in [0, 0.1) is 5.92 Å². The lowest BCUT2D eigenvalue weighted by atomic mass is 10.2. The Morgan fingerprint density at radius 2 is 2.23 bits per heavy atom. The number of nitrogens with two attached hydrogens (primary N) is 1. The Kier molecular flexibility index (Phi) is 4.42. The molecule has 1 rings (SSSR count). The molecule has 74 valence electrons. The topological polar surface area (TPSA) is 38.0 Å². The van der Waals surface area contributed by atoms with Gasteiger partial charge >= 0.3 is 0 Å². The lowest BCUT2D eigenvalue weighted by Crippen LogP contribution is -2.29. The van der Waals surface area contributed by atoms with Gasteiger partial charge in [0.25, 0.3) is 0 Å². The molecule has 13 heavy (non-hydrogen) atoms. The molecule has 0 fully saturated rings. The molecule has 0 aliphatic carbocycles. The summed E-state index contributed by atoms with van der Waals surface area (Å²) in [6, 6.07) is 4.29. The molecule has 3 heteroatoms. The minimum Gasteiger partial charge on any atom is -0.322 e. The van der Waals surface area contributed by atoms with Gasteiger partial charge in [0.1, 0.15) is 0 Å². The summed E-state index contributed by atoms with van der Waals surface area (Å²) in [6.07, 6.45) is 0. The van der Waals surface area contributed by atoms with Crippen LogP contribution in [0.1, 0.15) is 24.8 Å². The Balaban J connectivity index is 2.22. The summed E-state index contributed by atoms with van der Waals surface area (Å²) in [5, 5.41) is 5.42. The maximum atomic E-state index is 5.97. The smallest absolute Gasteiger partial charge is 0.0516 e. The van der Waals surface area contributed by atoms with E-state index in [2.05, 4.69) is 30.6 Å². The average Bonchev–Trinajstić information content (AvgIpc) is 2.55. The van der Waals surface area contributed by atoms with Crippen LogP contribution in [0.25, 0.3) is 0 Å². The highest BCUT2D eigenvalue weighted by Gasteiger charge is 2.05. The van der Waals surface area contributed by atoms with Crippen molar-refractivity contribution >= 4 is 11.3 Å². The molecule has 0 radical (unpaired) electrons. The quantitative estimate of drug-likeness (QED) is 0.759. The lowest BCUT2D eigenvalue weighted by molar-refractivity contribution is 0.524. The van der Waals surface area contributed by atoms with Gasteiger partial charge in [-0.2, -0.15) is 0 Å². The maximum absolute atomic E-state index is 5.97. The number of hydrogen-bond acceptors (Lipinski definition) is 3. The zero-order chi connectivity index (χ0) is 9.68. The van der Waals surface area contributed by atoms with Crippen LogP contribution in [0.4, 0.5) is 0 Å². The molecule has 1 aromatic rings. The summed E-state index contributed by atoms with van der Waals surface area (Å²) >= 11 is 1.72. The normalized spacial score (nSPS) is 13.5. The Morgan fingerprint density at radius 3 is 2.77 bits per heavy atom. The van der Waals surface area contributed by atoms with Crippen molar-refractivity contribution in [2.45, 2.75) is 19.9 Å². The van der Waals surface area contributed by atoms with Gasteiger partial charge in [0.15, 0.2) is 0 Å². The Labute approximate surface area is 84.2 Å². The minimum absolute atomic E-state index is 0.152. The fourth-order valence-corrected chi connectivity index (χ4v) is 1.86. The first-order valence-corrected chi connectivity index (χ1v) is 5.58. The zero-order valence-electron chi connectivity index (χ0n) is 8.29. The zero-order valence-corrected chi connectivity index (χ0v) is 9.10. The Bertz CT molecular complexity index is 219. The summed E-state index contributed by atoms with van der Waals surface area (Å²) in [7, 11) is 0. The van der Waals surface area contributed by atoms with Crippen molar-refractivity contribution in [2.75, 3.05) is 13.1 Å². The largest absolute Gasteiger partial charge is 0.322 e. The lowest BCUT2D eigenvalue weighted by Gasteiger charge is -2.12. The number of rotatable bonds is 5. The first-order chi connectivity index (χ1) is 6.20. The molecule has 0 aromatic carbocycles. The van der Waals surface area contributed by atoms with E-state index in [0.717, 1.165) is 13.1 Å². The van der Waals surface area contributed by atoms with Gasteiger partial charge in [-0.05, 0) is 23.9 Å². The van der Waals surface area contributed by atoms with E-state index >= 15 is 0 Å². The molecule has 0 bridgehead atoms. The molecular formula is C10H18N2S. The predicted octanol–water partition coefficient (Wildman–Crippen LogP) is 1.99. The van der Waals surface area contributed by atoms with Crippen molar-refractivity contribution < 1.29 is 0 Å². The van der Waals surface area contributed by atoms with Gasteiger partial charge in [0.2, 0.25) is 0 Å². The Hall–Kier alpha value is -0.380. The average molecular weight is 198 g/mol. The van der Waals surface area contributed by atoms with Gasteiger partial charge in [-0.1, -0.05) is 19.9 Å². The highest BCUT2D eigenvalue weighted by Crippen LogP contribution is 2.15. The van der Waals surface area contributed by atoms with Crippen molar-refractivity contribution in [1.82, 2.24) is 5.32 Å².